The van der Waals surface area contributed by atoms with Crippen LogP contribution in [-0.2, 0) is 16.6 Å². The first-order valence-electron chi connectivity index (χ1n) is 11.7. The molecular formula is C29H24BrN3O4. The lowest BCUT2D eigenvalue weighted by molar-refractivity contribution is -0.132. The third kappa shape index (κ3) is 4.03. The summed E-state index contributed by atoms with van der Waals surface area (Å²) >= 11 is 3.42. The highest BCUT2D eigenvalue weighted by molar-refractivity contribution is 9.10. The Kier molecular flexibility index (Phi) is 6.21. The summed E-state index contributed by atoms with van der Waals surface area (Å²) < 4.78 is 3.93. The fraction of sp³-hybridized carbons (Fsp3) is 0.138. The van der Waals surface area contributed by atoms with Crippen molar-refractivity contribution in [1.29, 1.82) is 0 Å². The van der Waals surface area contributed by atoms with Gasteiger partial charge in [0, 0.05) is 17.1 Å². The predicted octanol–water partition coefficient (Wildman–Crippen LogP) is 5.18. The maximum atomic E-state index is 13.8. The maximum absolute atomic E-state index is 13.8. The Morgan fingerprint density at radius 3 is 2.11 bits per heavy atom. The van der Waals surface area contributed by atoms with Crippen LogP contribution in [0.1, 0.15) is 28.4 Å². The molecule has 2 heterocycles. The highest BCUT2D eigenvalue weighted by atomic mass is 79.9. The fourth-order valence-corrected chi connectivity index (χ4v) is 4.99. The Morgan fingerprint density at radius 1 is 0.865 bits per heavy atom. The van der Waals surface area contributed by atoms with Crippen LogP contribution in [0.2, 0.25) is 0 Å². The first-order chi connectivity index (χ1) is 17.7. The minimum atomic E-state index is -0.993. The van der Waals surface area contributed by atoms with Crippen molar-refractivity contribution in [3.05, 3.63) is 122 Å². The molecule has 0 unspecified atom stereocenters. The molecule has 0 saturated carbocycles. The minimum absolute atomic E-state index is 0.0647. The van der Waals surface area contributed by atoms with Gasteiger partial charge in [-0.3, -0.25) is 24.0 Å². The molecule has 186 valence electrons. The van der Waals surface area contributed by atoms with Gasteiger partial charge in [0.1, 0.15) is 11.4 Å². The molecule has 5 rings (SSSR count). The third-order valence-electron chi connectivity index (χ3n) is 6.72. The predicted molar refractivity (Wildman–Crippen MR) is 146 cm³/mol. The van der Waals surface area contributed by atoms with Gasteiger partial charge in [0.2, 0.25) is 0 Å². The van der Waals surface area contributed by atoms with Crippen LogP contribution in [0, 0.1) is 13.8 Å². The van der Waals surface area contributed by atoms with Gasteiger partial charge < -0.3 is 5.11 Å². The number of aromatic nitrogens is 2. The summed E-state index contributed by atoms with van der Waals surface area (Å²) in [6.07, 6.45) is 0. The first-order valence-corrected chi connectivity index (χ1v) is 12.5. The summed E-state index contributed by atoms with van der Waals surface area (Å²) in [6, 6.07) is 22.2. The van der Waals surface area contributed by atoms with Gasteiger partial charge in [-0.1, -0.05) is 76.1 Å². The summed E-state index contributed by atoms with van der Waals surface area (Å²) in [5.41, 5.74) is 2.71. The van der Waals surface area contributed by atoms with E-state index in [1.807, 2.05) is 37.3 Å². The Bertz CT molecular complexity index is 1610. The van der Waals surface area contributed by atoms with Crippen LogP contribution in [0.4, 0.5) is 5.69 Å². The summed E-state index contributed by atoms with van der Waals surface area (Å²) in [7, 11) is 1.73. The summed E-state index contributed by atoms with van der Waals surface area (Å²) in [5, 5.41) is 11.3. The fourth-order valence-electron chi connectivity index (χ4n) is 4.72. The Balaban J connectivity index is 1.78. The minimum Gasteiger partial charge on any atom is -0.507 e. The number of nitrogens with zero attached hydrogens (tertiary/aromatic N) is 3. The SMILES string of the molecule is Cc1ccc(C(O)=C2C(=O)C(=O)N(c3c(C)n(C)n(-c4ccccc4)c3=O)[C@@H]2c2ccc(Br)cc2)cc1. The van der Waals surface area contributed by atoms with Crippen LogP contribution < -0.4 is 10.5 Å². The van der Waals surface area contributed by atoms with Gasteiger partial charge in [0.15, 0.2) is 0 Å². The van der Waals surface area contributed by atoms with Gasteiger partial charge in [0.25, 0.3) is 17.2 Å². The van der Waals surface area contributed by atoms with Gasteiger partial charge in [-0.2, -0.15) is 0 Å². The van der Waals surface area contributed by atoms with Crippen molar-refractivity contribution in [2.75, 3.05) is 4.90 Å². The lowest BCUT2D eigenvalue weighted by Crippen LogP contribution is -2.34. The van der Waals surface area contributed by atoms with E-state index < -0.39 is 23.3 Å². The zero-order valence-corrected chi connectivity index (χ0v) is 22.1. The van der Waals surface area contributed by atoms with Crippen molar-refractivity contribution in [2.24, 2.45) is 7.05 Å². The van der Waals surface area contributed by atoms with Crippen LogP contribution in [0.3, 0.4) is 0 Å². The van der Waals surface area contributed by atoms with Gasteiger partial charge in [-0.15, -0.1) is 0 Å². The molecule has 1 amide bonds. The van der Waals surface area contributed by atoms with E-state index in [1.165, 1.54) is 9.58 Å². The molecule has 1 aliphatic heterocycles. The number of benzene rings is 3. The van der Waals surface area contributed by atoms with Crippen molar-refractivity contribution in [1.82, 2.24) is 9.36 Å². The molecule has 0 radical (unpaired) electrons. The number of carbonyl (C=O) groups excluding carboxylic acids is 2. The number of hydrogen-bond donors (Lipinski definition) is 1. The van der Waals surface area contributed by atoms with E-state index in [0.29, 0.717) is 22.5 Å². The molecule has 1 N–H and O–H groups in total. The summed E-state index contributed by atoms with van der Waals surface area (Å²) in [5.74, 6) is -2.00. The Labute approximate surface area is 222 Å². The first kappa shape index (κ1) is 24.5. The molecular weight excluding hydrogens is 534 g/mol. The summed E-state index contributed by atoms with van der Waals surface area (Å²) in [4.78, 5) is 42.1. The largest absolute Gasteiger partial charge is 0.507 e. The third-order valence-corrected chi connectivity index (χ3v) is 7.25. The van der Waals surface area contributed by atoms with Crippen LogP contribution in [0.15, 0.2) is 93.7 Å². The van der Waals surface area contributed by atoms with Crippen LogP contribution in [0.25, 0.3) is 11.4 Å². The van der Waals surface area contributed by atoms with Crippen molar-refractivity contribution in [3.8, 4) is 5.69 Å². The molecule has 7 nitrogen and oxygen atoms in total. The number of aryl methyl sites for hydroxylation is 1. The Morgan fingerprint density at radius 2 is 1.49 bits per heavy atom. The van der Waals surface area contributed by atoms with Crippen molar-refractivity contribution in [2.45, 2.75) is 19.9 Å². The van der Waals surface area contributed by atoms with Crippen LogP contribution in [-0.4, -0.2) is 26.2 Å². The molecule has 0 aliphatic carbocycles. The van der Waals surface area contributed by atoms with Crippen molar-refractivity contribution < 1.29 is 14.7 Å². The van der Waals surface area contributed by atoms with Gasteiger partial charge in [-0.25, -0.2) is 4.68 Å². The highest BCUT2D eigenvalue weighted by Gasteiger charge is 2.49. The number of halogens is 1. The maximum Gasteiger partial charge on any atom is 0.300 e. The molecule has 0 spiro atoms. The average molecular weight is 558 g/mol. The zero-order valence-electron chi connectivity index (χ0n) is 20.5. The van der Waals surface area contributed by atoms with E-state index in [1.54, 1.807) is 67.2 Å². The van der Waals surface area contributed by atoms with E-state index in [-0.39, 0.29) is 17.0 Å². The molecule has 0 bridgehead atoms. The molecule has 3 aromatic carbocycles. The number of Topliss-reactive ketones (excluding diaryl/α,β-unsaturated/α-hetero) is 1. The number of carbonyl (C=O) groups is 2. The molecule has 37 heavy (non-hydrogen) atoms. The number of para-hydroxylation sites is 1. The van der Waals surface area contributed by atoms with Crippen LogP contribution in [0.5, 0.6) is 0 Å². The molecule has 1 aromatic heterocycles. The highest BCUT2D eigenvalue weighted by Crippen LogP contribution is 2.42. The number of aliphatic hydroxyl groups is 1. The van der Waals surface area contributed by atoms with Crippen molar-refractivity contribution >= 4 is 39.1 Å². The van der Waals surface area contributed by atoms with E-state index in [4.69, 9.17) is 0 Å². The topological polar surface area (TPSA) is 84.5 Å². The van der Waals surface area contributed by atoms with Gasteiger partial charge in [0.05, 0.1) is 23.0 Å². The molecule has 1 aliphatic rings. The Hall–Kier alpha value is -4.17. The molecule has 1 saturated heterocycles. The quantitative estimate of drug-likeness (QED) is 0.213. The lowest BCUT2D eigenvalue weighted by atomic mass is 9.95. The van der Waals surface area contributed by atoms with Crippen molar-refractivity contribution in [3.63, 3.8) is 0 Å². The van der Waals surface area contributed by atoms with Gasteiger partial charge in [-0.05, 0) is 43.7 Å². The lowest BCUT2D eigenvalue weighted by Gasteiger charge is -2.24. The van der Waals surface area contributed by atoms with E-state index in [2.05, 4.69) is 15.9 Å². The number of anilines is 1. The monoisotopic (exact) mass is 557 g/mol. The van der Waals surface area contributed by atoms with Crippen LogP contribution >= 0.6 is 15.9 Å². The molecule has 4 aromatic rings. The molecule has 1 atom stereocenters. The smallest absolute Gasteiger partial charge is 0.300 e. The number of aliphatic hydroxyl groups excluding tert-OH is 1. The standard InChI is InChI=1S/C29H24BrN3O4/c1-17-9-11-20(12-10-17)26(34)23-25(19-13-15-21(30)16-14-19)32(29(37)27(23)35)24-18(2)31(3)33(28(24)36)22-7-5-4-6-8-22/h4-16,25,34H,1-3H3/t25-/m1/s1. The van der Waals surface area contributed by atoms with E-state index >= 15 is 0 Å². The summed E-state index contributed by atoms with van der Waals surface area (Å²) in [6.45, 7) is 3.65. The van der Waals surface area contributed by atoms with E-state index in [9.17, 15) is 19.5 Å². The number of hydrogen-bond acceptors (Lipinski definition) is 4. The van der Waals surface area contributed by atoms with E-state index in [0.717, 1.165) is 10.0 Å². The zero-order chi connectivity index (χ0) is 26.4. The molecule has 8 heteroatoms. The van der Waals surface area contributed by atoms with Gasteiger partial charge >= 0.3 is 0 Å². The number of rotatable bonds is 4. The second-order valence-corrected chi connectivity index (χ2v) is 9.91. The second-order valence-electron chi connectivity index (χ2n) is 9.00. The second kappa shape index (κ2) is 9.37. The average Bonchev–Trinajstić information content (AvgIpc) is 3.28. The normalized spacial score (nSPS) is 17.0. The number of amides is 1. The molecule has 1 fully saturated rings. The number of ketones is 1.